The third-order valence-electron chi connectivity index (χ3n) is 5.18. The Labute approximate surface area is 172 Å². The molecule has 1 unspecified atom stereocenters. The van der Waals surface area contributed by atoms with E-state index in [-0.39, 0.29) is 18.0 Å². The number of nitrogens with one attached hydrogen (secondary N) is 1. The molecule has 1 amide bonds. The zero-order valence-corrected chi connectivity index (χ0v) is 16.0. The molecule has 1 N–H and O–H groups in total. The van der Waals surface area contributed by atoms with Crippen LogP contribution < -0.4 is 5.32 Å². The molecule has 2 aromatic carbocycles. The first kappa shape index (κ1) is 20.1. The van der Waals surface area contributed by atoms with Crippen LogP contribution >= 0.6 is 0 Å². The molecule has 1 aliphatic rings. The first-order chi connectivity index (χ1) is 14.4. The van der Waals surface area contributed by atoms with E-state index in [2.05, 4.69) is 10.3 Å². The number of alkyl halides is 3. The molecule has 1 atom stereocenters. The van der Waals surface area contributed by atoms with Gasteiger partial charge in [0.25, 0.3) is 5.91 Å². The lowest BCUT2D eigenvalue weighted by Gasteiger charge is -2.41. The number of hydrogen-bond donors (Lipinski definition) is 1. The van der Waals surface area contributed by atoms with Crippen LogP contribution in [0.3, 0.4) is 0 Å². The second-order valence-corrected chi connectivity index (χ2v) is 7.28. The van der Waals surface area contributed by atoms with E-state index in [0.29, 0.717) is 24.2 Å². The lowest BCUT2D eigenvalue weighted by Crippen LogP contribution is -2.60. The Hall–Kier alpha value is -3.19. The molecule has 7 heteroatoms. The van der Waals surface area contributed by atoms with E-state index in [1.165, 1.54) is 12.1 Å². The number of carbonyl (C=O) groups excluding carboxylic acids is 1. The molecule has 2 heterocycles. The second-order valence-electron chi connectivity index (χ2n) is 7.28. The Morgan fingerprint density at radius 3 is 2.27 bits per heavy atom. The average Bonchev–Trinajstić information content (AvgIpc) is 2.73. The quantitative estimate of drug-likeness (QED) is 0.681. The van der Waals surface area contributed by atoms with E-state index in [0.717, 1.165) is 17.7 Å². The van der Waals surface area contributed by atoms with E-state index in [4.69, 9.17) is 0 Å². The molecular weight excluding hydrogens is 391 g/mol. The molecule has 1 fully saturated rings. The normalized spacial score (nSPS) is 15.5. The van der Waals surface area contributed by atoms with Crippen molar-refractivity contribution in [2.45, 2.75) is 18.3 Å². The minimum atomic E-state index is -4.37. The molecule has 1 aliphatic heterocycles. The first-order valence-electron chi connectivity index (χ1n) is 9.59. The summed E-state index contributed by atoms with van der Waals surface area (Å²) in [6, 6.07) is 17.6. The van der Waals surface area contributed by atoms with Crippen molar-refractivity contribution in [1.29, 1.82) is 0 Å². The highest BCUT2D eigenvalue weighted by Crippen LogP contribution is 2.31. The Morgan fingerprint density at radius 2 is 1.67 bits per heavy atom. The summed E-state index contributed by atoms with van der Waals surface area (Å²) in [5.74, 6) is -0.0268. The summed E-state index contributed by atoms with van der Waals surface area (Å²) >= 11 is 0. The molecular formula is C23H20F3N3O. The summed E-state index contributed by atoms with van der Waals surface area (Å²) in [6.45, 7) is 1.07. The SMILES string of the molecule is O=C(c1ccccc1)N1CC(NC(c2ccc(C(F)(F)F)cc2)c2cccnc2)C1. The van der Waals surface area contributed by atoms with Crippen molar-refractivity contribution in [2.75, 3.05) is 13.1 Å². The Kier molecular flexibility index (Phi) is 5.55. The van der Waals surface area contributed by atoms with Crippen LogP contribution in [0.1, 0.15) is 33.1 Å². The molecule has 0 bridgehead atoms. The predicted molar refractivity (Wildman–Crippen MR) is 107 cm³/mol. The van der Waals surface area contributed by atoms with Gasteiger partial charge in [-0.15, -0.1) is 0 Å². The lowest BCUT2D eigenvalue weighted by molar-refractivity contribution is -0.137. The van der Waals surface area contributed by atoms with Gasteiger partial charge in [0.05, 0.1) is 11.6 Å². The van der Waals surface area contributed by atoms with Gasteiger partial charge in [0.2, 0.25) is 0 Å². The molecule has 4 nitrogen and oxygen atoms in total. The fourth-order valence-electron chi connectivity index (χ4n) is 3.55. The topological polar surface area (TPSA) is 45.2 Å². The molecule has 1 saturated heterocycles. The maximum atomic E-state index is 12.9. The number of likely N-dealkylation sites (tertiary alicyclic amines) is 1. The Morgan fingerprint density at radius 1 is 0.967 bits per heavy atom. The standard InChI is InChI=1S/C23H20F3N3O/c24-23(25,26)19-10-8-16(9-11-19)21(18-7-4-12-27-13-18)28-20-14-29(15-20)22(30)17-5-2-1-3-6-17/h1-13,20-21,28H,14-15H2. The van der Waals surface area contributed by atoms with Crippen molar-refractivity contribution in [3.05, 3.63) is 101 Å². The van der Waals surface area contributed by atoms with Crippen LogP contribution in [0.2, 0.25) is 0 Å². The smallest absolute Gasteiger partial charge is 0.335 e. The summed E-state index contributed by atoms with van der Waals surface area (Å²) < 4.78 is 38.7. The van der Waals surface area contributed by atoms with Gasteiger partial charge in [0.1, 0.15) is 0 Å². The zero-order chi connectivity index (χ0) is 21.1. The van der Waals surface area contributed by atoms with Crippen molar-refractivity contribution >= 4 is 5.91 Å². The average molecular weight is 411 g/mol. The minimum Gasteiger partial charge on any atom is -0.335 e. The number of carbonyl (C=O) groups is 1. The van der Waals surface area contributed by atoms with Crippen molar-refractivity contribution in [3.63, 3.8) is 0 Å². The number of rotatable bonds is 5. The van der Waals surface area contributed by atoms with Crippen molar-refractivity contribution in [2.24, 2.45) is 0 Å². The number of nitrogens with zero attached hydrogens (tertiary/aromatic N) is 2. The van der Waals surface area contributed by atoms with Crippen LogP contribution in [0, 0.1) is 0 Å². The van der Waals surface area contributed by atoms with E-state index in [9.17, 15) is 18.0 Å². The summed E-state index contributed by atoms with van der Waals surface area (Å²) in [6.07, 6.45) is -1.03. The van der Waals surface area contributed by atoms with E-state index >= 15 is 0 Å². The number of benzene rings is 2. The third kappa shape index (κ3) is 4.36. The van der Waals surface area contributed by atoms with Gasteiger partial charge < -0.3 is 4.90 Å². The van der Waals surface area contributed by atoms with Crippen LogP contribution in [0.5, 0.6) is 0 Å². The van der Waals surface area contributed by atoms with Gasteiger partial charge in [-0.25, -0.2) is 0 Å². The van der Waals surface area contributed by atoms with Crippen LogP contribution in [0.15, 0.2) is 79.1 Å². The van der Waals surface area contributed by atoms with E-state index in [1.54, 1.807) is 35.5 Å². The van der Waals surface area contributed by atoms with Crippen molar-refractivity contribution in [3.8, 4) is 0 Å². The van der Waals surface area contributed by atoms with Gasteiger partial charge in [-0.1, -0.05) is 36.4 Å². The van der Waals surface area contributed by atoms with Gasteiger partial charge in [-0.3, -0.25) is 15.1 Å². The maximum Gasteiger partial charge on any atom is 0.416 e. The number of aromatic nitrogens is 1. The lowest BCUT2D eigenvalue weighted by atomic mass is 9.96. The molecule has 1 aromatic heterocycles. The Balaban J connectivity index is 1.48. The highest BCUT2D eigenvalue weighted by Gasteiger charge is 2.34. The maximum absolute atomic E-state index is 12.9. The fraction of sp³-hybridized carbons (Fsp3) is 0.217. The van der Waals surface area contributed by atoms with Gasteiger partial charge in [-0.05, 0) is 41.5 Å². The summed E-state index contributed by atoms with van der Waals surface area (Å²) in [5, 5.41) is 3.47. The Bertz CT molecular complexity index is 986. The highest BCUT2D eigenvalue weighted by molar-refractivity contribution is 5.94. The van der Waals surface area contributed by atoms with Crippen molar-refractivity contribution in [1.82, 2.24) is 15.2 Å². The van der Waals surface area contributed by atoms with Crippen LogP contribution in [-0.2, 0) is 6.18 Å². The molecule has 0 aliphatic carbocycles. The number of halogens is 3. The molecule has 154 valence electrons. The van der Waals surface area contributed by atoms with Crippen LogP contribution in [0.25, 0.3) is 0 Å². The minimum absolute atomic E-state index is 0.0268. The predicted octanol–water partition coefficient (Wildman–Crippen LogP) is 4.30. The molecule has 0 saturated carbocycles. The number of amides is 1. The van der Waals surface area contributed by atoms with Gasteiger partial charge in [-0.2, -0.15) is 13.2 Å². The zero-order valence-electron chi connectivity index (χ0n) is 16.0. The van der Waals surface area contributed by atoms with Gasteiger partial charge in [0, 0.05) is 37.1 Å². The highest BCUT2D eigenvalue weighted by atomic mass is 19.4. The van der Waals surface area contributed by atoms with Crippen LogP contribution in [0.4, 0.5) is 13.2 Å². The summed E-state index contributed by atoms with van der Waals surface area (Å²) in [4.78, 5) is 18.4. The molecule has 30 heavy (non-hydrogen) atoms. The molecule has 3 aromatic rings. The largest absolute Gasteiger partial charge is 0.416 e. The van der Waals surface area contributed by atoms with E-state index < -0.39 is 11.7 Å². The van der Waals surface area contributed by atoms with Gasteiger partial charge >= 0.3 is 6.18 Å². The first-order valence-corrected chi connectivity index (χ1v) is 9.59. The number of hydrogen-bond acceptors (Lipinski definition) is 3. The monoisotopic (exact) mass is 411 g/mol. The van der Waals surface area contributed by atoms with Gasteiger partial charge in [0.15, 0.2) is 0 Å². The van der Waals surface area contributed by atoms with E-state index in [1.807, 2.05) is 24.3 Å². The summed E-state index contributed by atoms with van der Waals surface area (Å²) in [5.41, 5.74) is 1.52. The molecule has 0 spiro atoms. The number of pyridine rings is 1. The van der Waals surface area contributed by atoms with Crippen molar-refractivity contribution < 1.29 is 18.0 Å². The third-order valence-corrected chi connectivity index (χ3v) is 5.18. The second kappa shape index (κ2) is 8.28. The van der Waals surface area contributed by atoms with Crippen LogP contribution in [-0.4, -0.2) is 34.9 Å². The summed E-state index contributed by atoms with van der Waals surface area (Å²) in [7, 11) is 0. The molecule has 0 radical (unpaired) electrons. The fourth-order valence-corrected chi connectivity index (χ4v) is 3.55. The molecule has 4 rings (SSSR count).